The second kappa shape index (κ2) is 3.97. The number of pyridine rings is 1. The van der Waals surface area contributed by atoms with Gasteiger partial charge in [-0.1, -0.05) is 13.3 Å². The maximum Gasteiger partial charge on any atom is 0.202 e. The number of fused-ring (bicyclic) bond motifs is 1. The number of nitrogens with zero attached hydrogens (tertiary/aromatic N) is 3. The van der Waals surface area contributed by atoms with Crippen molar-refractivity contribution in [2.45, 2.75) is 46.1 Å². The lowest BCUT2D eigenvalue weighted by Gasteiger charge is -2.41. The summed E-state index contributed by atoms with van der Waals surface area (Å²) in [5, 5.41) is 0. The molecule has 3 rings (SSSR count). The number of nitrogen functional groups attached to an aromatic ring is 1. The molecule has 96 valence electrons. The summed E-state index contributed by atoms with van der Waals surface area (Å²) in [6.45, 7) is 5.26. The Labute approximate surface area is 107 Å². The van der Waals surface area contributed by atoms with E-state index in [1.165, 1.54) is 25.7 Å². The summed E-state index contributed by atoms with van der Waals surface area (Å²) in [5.74, 6) is 0.600. The summed E-state index contributed by atoms with van der Waals surface area (Å²) in [7, 11) is 0. The van der Waals surface area contributed by atoms with Gasteiger partial charge >= 0.3 is 0 Å². The first kappa shape index (κ1) is 11.5. The van der Waals surface area contributed by atoms with Gasteiger partial charge in [-0.15, -0.1) is 0 Å². The standard InChI is InChI=1S/C14H20N4/c1-3-14(5-4-6-14)9-18-12-11(17-13(18)15)7-10(2)8-16-12/h7-8H,3-6,9H2,1-2H3,(H2,15,17). The van der Waals surface area contributed by atoms with E-state index in [1.807, 2.05) is 13.1 Å². The predicted octanol–water partition coefficient (Wildman–Crippen LogP) is 2.90. The molecule has 1 aliphatic rings. The molecule has 4 nitrogen and oxygen atoms in total. The second-order valence-corrected chi connectivity index (χ2v) is 5.62. The number of hydrogen-bond donors (Lipinski definition) is 1. The van der Waals surface area contributed by atoms with Crippen LogP contribution >= 0.6 is 0 Å². The topological polar surface area (TPSA) is 56.7 Å². The van der Waals surface area contributed by atoms with Gasteiger partial charge in [0.15, 0.2) is 5.65 Å². The highest BCUT2D eigenvalue weighted by Crippen LogP contribution is 2.45. The number of hydrogen-bond acceptors (Lipinski definition) is 3. The van der Waals surface area contributed by atoms with Crippen molar-refractivity contribution in [1.82, 2.24) is 14.5 Å². The van der Waals surface area contributed by atoms with Crippen LogP contribution in [0.1, 0.15) is 38.2 Å². The molecule has 18 heavy (non-hydrogen) atoms. The van der Waals surface area contributed by atoms with Crippen molar-refractivity contribution < 1.29 is 0 Å². The number of imidazole rings is 1. The summed E-state index contributed by atoms with van der Waals surface area (Å²) in [6.07, 6.45) is 7.03. The Bertz CT molecular complexity index is 575. The van der Waals surface area contributed by atoms with Gasteiger partial charge in [0.1, 0.15) is 5.52 Å². The lowest BCUT2D eigenvalue weighted by Crippen LogP contribution is -2.33. The summed E-state index contributed by atoms with van der Waals surface area (Å²) >= 11 is 0. The molecule has 2 heterocycles. The quantitative estimate of drug-likeness (QED) is 0.903. The Balaban J connectivity index is 2.03. The number of anilines is 1. The van der Waals surface area contributed by atoms with Crippen molar-refractivity contribution >= 4 is 17.1 Å². The smallest absolute Gasteiger partial charge is 0.202 e. The third-order valence-corrected chi connectivity index (χ3v) is 4.41. The first-order valence-corrected chi connectivity index (χ1v) is 6.72. The fourth-order valence-electron chi connectivity index (χ4n) is 2.92. The van der Waals surface area contributed by atoms with Crippen molar-refractivity contribution in [3.8, 4) is 0 Å². The van der Waals surface area contributed by atoms with Crippen LogP contribution in [0.3, 0.4) is 0 Å². The molecule has 0 saturated heterocycles. The molecule has 0 aliphatic heterocycles. The van der Waals surface area contributed by atoms with Gasteiger partial charge in [0.05, 0.1) is 0 Å². The van der Waals surface area contributed by atoms with Gasteiger partial charge in [-0.2, -0.15) is 0 Å². The van der Waals surface area contributed by atoms with E-state index in [-0.39, 0.29) is 0 Å². The van der Waals surface area contributed by atoms with Gasteiger partial charge in [0.25, 0.3) is 0 Å². The normalized spacial score (nSPS) is 17.9. The van der Waals surface area contributed by atoms with Gasteiger partial charge in [-0.3, -0.25) is 4.57 Å². The minimum atomic E-state index is 0.425. The van der Waals surface area contributed by atoms with E-state index >= 15 is 0 Å². The molecular formula is C14H20N4. The number of aromatic nitrogens is 3. The SMILES string of the molecule is CCC1(Cn2c(N)nc3cc(C)cnc32)CCC1. The zero-order chi connectivity index (χ0) is 12.8. The number of nitrogens with two attached hydrogens (primary N) is 1. The van der Waals surface area contributed by atoms with Crippen LogP contribution in [0.5, 0.6) is 0 Å². The van der Waals surface area contributed by atoms with Crippen molar-refractivity contribution in [3.63, 3.8) is 0 Å². The molecule has 0 spiro atoms. The molecular weight excluding hydrogens is 224 g/mol. The third-order valence-electron chi connectivity index (χ3n) is 4.41. The van der Waals surface area contributed by atoms with E-state index in [9.17, 15) is 0 Å². The van der Waals surface area contributed by atoms with Gasteiger partial charge in [0, 0.05) is 12.7 Å². The molecule has 0 unspecified atom stereocenters. The van der Waals surface area contributed by atoms with Crippen molar-refractivity contribution in [1.29, 1.82) is 0 Å². The molecule has 1 fully saturated rings. The second-order valence-electron chi connectivity index (χ2n) is 5.62. The van der Waals surface area contributed by atoms with Crippen molar-refractivity contribution in [3.05, 3.63) is 17.8 Å². The summed E-state index contributed by atoms with van der Waals surface area (Å²) in [4.78, 5) is 8.93. The fourth-order valence-corrected chi connectivity index (χ4v) is 2.92. The highest BCUT2D eigenvalue weighted by molar-refractivity contribution is 5.74. The van der Waals surface area contributed by atoms with Crippen LogP contribution in [0.25, 0.3) is 11.2 Å². The molecule has 0 amide bonds. The molecule has 1 saturated carbocycles. The van der Waals surface area contributed by atoms with Crippen molar-refractivity contribution in [2.75, 3.05) is 5.73 Å². The molecule has 0 radical (unpaired) electrons. The Kier molecular flexibility index (Phi) is 2.54. The van der Waals surface area contributed by atoms with Gasteiger partial charge in [-0.25, -0.2) is 9.97 Å². The Morgan fingerprint density at radius 3 is 2.83 bits per heavy atom. The Hall–Kier alpha value is -1.58. The Morgan fingerprint density at radius 1 is 1.44 bits per heavy atom. The average molecular weight is 244 g/mol. The zero-order valence-corrected chi connectivity index (χ0v) is 11.1. The number of aryl methyl sites for hydroxylation is 1. The predicted molar refractivity (Wildman–Crippen MR) is 73.3 cm³/mol. The van der Waals surface area contributed by atoms with Crippen LogP contribution < -0.4 is 5.73 Å². The minimum absolute atomic E-state index is 0.425. The highest BCUT2D eigenvalue weighted by atomic mass is 15.2. The number of rotatable bonds is 3. The van der Waals surface area contributed by atoms with Crippen LogP contribution in [0.4, 0.5) is 5.95 Å². The van der Waals surface area contributed by atoms with E-state index in [1.54, 1.807) is 0 Å². The highest BCUT2D eigenvalue weighted by Gasteiger charge is 2.36. The monoisotopic (exact) mass is 244 g/mol. The molecule has 2 aromatic heterocycles. The van der Waals surface area contributed by atoms with Crippen LogP contribution in [0.15, 0.2) is 12.3 Å². The third kappa shape index (κ3) is 1.67. The van der Waals surface area contributed by atoms with Gasteiger partial charge < -0.3 is 5.73 Å². The molecule has 2 aromatic rings. The van der Waals surface area contributed by atoms with Crippen molar-refractivity contribution in [2.24, 2.45) is 5.41 Å². The van der Waals surface area contributed by atoms with Crippen LogP contribution in [-0.4, -0.2) is 14.5 Å². The largest absolute Gasteiger partial charge is 0.369 e. The zero-order valence-electron chi connectivity index (χ0n) is 11.1. The van der Waals surface area contributed by atoms with Crippen LogP contribution in [-0.2, 0) is 6.54 Å². The maximum atomic E-state index is 6.06. The van der Waals surface area contributed by atoms with E-state index in [0.29, 0.717) is 11.4 Å². The van der Waals surface area contributed by atoms with Gasteiger partial charge in [-0.05, 0) is 43.2 Å². The van der Waals surface area contributed by atoms with Gasteiger partial charge in [0.2, 0.25) is 5.95 Å². The fraction of sp³-hybridized carbons (Fsp3) is 0.571. The first-order chi connectivity index (χ1) is 8.63. The molecule has 1 aliphatic carbocycles. The van der Waals surface area contributed by atoms with E-state index in [4.69, 9.17) is 5.73 Å². The summed E-state index contributed by atoms with van der Waals surface area (Å²) in [6, 6.07) is 2.05. The first-order valence-electron chi connectivity index (χ1n) is 6.72. The summed E-state index contributed by atoms with van der Waals surface area (Å²) < 4.78 is 2.09. The molecule has 2 N–H and O–H groups in total. The molecule has 4 heteroatoms. The lowest BCUT2D eigenvalue weighted by molar-refractivity contribution is 0.103. The average Bonchev–Trinajstić information content (AvgIpc) is 2.59. The van der Waals surface area contributed by atoms with E-state index in [2.05, 4.69) is 27.5 Å². The maximum absolute atomic E-state index is 6.06. The molecule has 0 atom stereocenters. The lowest BCUT2D eigenvalue weighted by atomic mass is 9.67. The summed E-state index contributed by atoms with van der Waals surface area (Å²) in [5.41, 5.74) is 9.45. The van der Waals surface area contributed by atoms with E-state index < -0.39 is 0 Å². The molecule has 0 bridgehead atoms. The molecule has 0 aromatic carbocycles. The Morgan fingerprint density at radius 2 is 2.22 bits per heavy atom. The minimum Gasteiger partial charge on any atom is -0.369 e. The van der Waals surface area contributed by atoms with Crippen LogP contribution in [0, 0.1) is 12.3 Å². The van der Waals surface area contributed by atoms with Crippen LogP contribution in [0.2, 0.25) is 0 Å². The van der Waals surface area contributed by atoms with E-state index in [0.717, 1.165) is 23.3 Å².